The van der Waals surface area contributed by atoms with Crippen LogP contribution in [-0.4, -0.2) is 6.67 Å². The van der Waals surface area contributed by atoms with Crippen LogP contribution in [0.4, 0.5) is 4.39 Å². The van der Waals surface area contributed by atoms with Gasteiger partial charge in [0.1, 0.15) is 0 Å². The van der Waals surface area contributed by atoms with Gasteiger partial charge in [0, 0.05) is 11.1 Å². The van der Waals surface area contributed by atoms with E-state index in [0.29, 0.717) is 6.42 Å². The minimum absolute atomic E-state index is 0.221. The second kappa shape index (κ2) is 4.58. The molecular formula is C10H13ClFN. The molecule has 1 atom stereocenters. The summed E-state index contributed by atoms with van der Waals surface area (Å²) in [6.45, 7) is 1.52. The summed E-state index contributed by atoms with van der Waals surface area (Å²) in [5.74, 6) is 0. The van der Waals surface area contributed by atoms with E-state index >= 15 is 0 Å². The molecule has 0 saturated heterocycles. The molecule has 3 heteroatoms. The van der Waals surface area contributed by atoms with Crippen molar-refractivity contribution in [3.63, 3.8) is 0 Å². The summed E-state index contributed by atoms with van der Waals surface area (Å²) in [6, 6.07) is 5.32. The van der Waals surface area contributed by atoms with Crippen molar-refractivity contribution in [1.82, 2.24) is 0 Å². The average molecular weight is 202 g/mol. The van der Waals surface area contributed by atoms with E-state index in [0.717, 1.165) is 16.1 Å². The van der Waals surface area contributed by atoms with Gasteiger partial charge in [-0.15, -0.1) is 0 Å². The van der Waals surface area contributed by atoms with Crippen molar-refractivity contribution in [1.29, 1.82) is 0 Å². The van der Waals surface area contributed by atoms with E-state index in [1.54, 1.807) is 6.07 Å². The molecule has 1 aromatic rings. The highest BCUT2D eigenvalue weighted by Gasteiger charge is 2.06. The van der Waals surface area contributed by atoms with Crippen LogP contribution in [0.2, 0.25) is 5.02 Å². The highest BCUT2D eigenvalue weighted by atomic mass is 35.5. The minimum atomic E-state index is -0.386. The zero-order chi connectivity index (χ0) is 9.84. The van der Waals surface area contributed by atoms with Crippen molar-refractivity contribution in [2.75, 3.05) is 6.67 Å². The van der Waals surface area contributed by atoms with Crippen LogP contribution >= 0.6 is 11.6 Å². The molecule has 0 fully saturated rings. The van der Waals surface area contributed by atoms with Crippen LogP contribution in [0.3, 0.4) is 0 Å². The van der Waals surface area contributed by atoms with Crippen LogP contribution in [0.25, 0.3) is 0 Å². The molecule has 1 aromatic carbocycles. The number of hydrogen-bond acceptors (Lipinski definition) is 1. The maximum atomic E-state index is 12.0. The van der Waals surface area contributed by atoms with Gasteiger partial charge in [0.15, 0.2) is 0 Å². The number of aryl methyl sites for hydroxylation is 1. The molecule has 0 aliphatic rings. The fraction of sp³-hybridized carbons (Fsp3) is 0.400. The van der Waals surface area contributed by atoms with Crippen LogP contribution in [0.15, 0.2) is 18.2 Å². The average Bonchev–Trinajstić information content (AvgIpc) is 2.10. The van der Waals surface area contributed by atoms with E-state index in [2.05, 4.69) is 0 Å². The van der Waals surface area contributed by atoms with Crippen LogP contribution < -0.4 is 5.73 Å². The number of rotatable bonds is 3. The van der Waals surface area contributed by atoms with E-state index in [1.165, 1.54) is 0 Å². The third kappa shape index (κ3) is 2.68. The van der Waals surface area contributed by atoms with Gasteiger partial charge < -0.3 is 5.73 Å². The monoisotopic (exact) mass is 201 g/mol. The smallest absolute Gasteiger partial charge is 0.0912 e. The topological polar surface area (TPSA) is 26.0 Å². The first-order chi connectivity index (χ1) is 6.15. The van der Waals surface area contributed by atoms with Gasteiger partial charge in [-0.1, -0.05) is 23.7 Å². The second-order valence-electron chi connectivity index (χ2n) is 3.09. The predicted molar refractivity (Wildman–Crippen MR) is 53.7 cm³/mol. The van der Waals surface area contributed by atoms with Gasteiger partial charge in [-0.05, 0) is 30.5 Å². The highest BCUT2D eigenvalue weighted by Crippen LogP contribution is 2.21. The molecule has 13 heavy (non-hydrogen) atoms. The Kier molecular flexibility index (Phi) is 3.70. The molecular weight excluding hydrogens is 189 g/mol. The van der Waals surface area contributed by atoms with Gasteiger partial charge >= 0.3 is 0 Å². The Bertz CT molecular complexity index is 288. The van der Waals surface area contributed by atoms with Crippen molar-refractivity contribution in [2.24, 2.45) is 5.73 Å². The molecule has 0 saturated carbocycles. The summed E-state index contributed by atoms with van der Waals surface area (Å²) in [4.78, 5) is 0. The first-order valence-electron chi connectivity index (χ1n) is 4.22. The van der Waals surface area contributed by atoms with Crippen molar-refractivity contribution < 1.29 is 4.39 Å². The maximum Gasteiger partial charge on any atom is 0.0912 e. The third-order valence-electron chi connectivity index (χ3n) is 2.03. The van der Waals surface area contributed by atoms with Crippen molar-refractivity contribution in [2.45, 2.75) is 19.4 Å². The molecule has 0 unspecified atom stereocenters. The van der Waals surface area contributed by atoms with Gasteiger partial charge in [0.2, 0.25) is 0 Å². The largest absolute Gasteiger partial charge is 0.324 e. The summed E-state index contributed by atoms with van der Waals surface area (Å²) in [5, 5.41) is 0.719. The summed E-state index contributed by atoms with van der Waals surface area (Å²) in [5.41, 5.74) is 7.67. The van der Waals surface area contributed by atoms with Crippen LogP contribution in [0.5, 0.6) is 0 Å². The number of nitrogens with two attached hydrogens (primary N) is 1. The second-order valence-corrected chi connectivity index (χ2v) is 3.50. The molecule has 0 aliphatic carbocycles. The molecule has 0 radical (unpaired) electrons. The van der Waals surface area contributed by atoms with Crippen LogP contribution in [0, 0.1) is 6.92 Å². The fourth-order valence-electron chi connectivity index (χ4n) is 1.18. The highest BCUT2D eigenvalue weighted by molar-refractivity contribution is 6.31. The Balaban J connectivity index is 2.84. The molecule has 2 N–H and O–H groups in total. The van der Waals surface area contributed by atoms with E-state index in [-0.39, 0.29) is 12.7 Å². The van der Waals surface area contributed by atoms with E-state index in [1.807, 2.05) is 19.1 Å². The third-order valence-corrected chi connectivity index (χ3v) is 2.45. The molecule has 1 nitrogen and oxygen atoms in total. The van der Waals surface area contributed by atoms with Crippen molar-refractivity contribution in [3.05, 3.63) is 34.3 Å². The first-order valence-corrected chi connectivity index (χ1v) is 4.60. The Morgan fingerprint density at radius 3 is 2.77 bits per heavy atom. The Morgan fingerprint density at radius 2 is 2.23 bits per heavy atom. The SMILES string of the molecule is Cc1cc([C@@H](N)CCF)ccc1Cl. The van der Waals surface area contributed by atoms with Gasteiger partial charge in [0.05, 0.1) is 6.67 Å². The summed E-state index contributed by atoms with van der Waals surface area (Å²) in [6.07, 6.45) is 0.362. The fourth-order valence-corrected chi connectivity index (χ4v) is 1.30. The molecule has 0 spiro atoms. The zero-order valence-corrected chi connectivity index (χ0v) is 8.31. The first kappa shape index (κ1) is 10.5. The van der Waals surface area contributed by atoms with E-state index in [4.69, 9.17) is 17.3 Å². The van der Waals surface area contributed by atoms with Crippen LogP contribution in [0.1, 0.15) is 23.6 Å². The Hall–Kier alpha value is -0.600. The minimum Gasteiger partial charge on any atom is -0.324 e. The molecule has 0 bridgehead atoms. The van der Waals surface area contributed by atoms with Crippen molar-refractivity contribution >= 4 is 11.6 Å². The predicted octanol–water partition coefficient (Wildman–Crippen LogP) is 3.01. The van der Waals surface area contributed by atoms with Gasteiger partial charge in [-0.3, -0.25) is 4.39 Å². The normalized spacial score (nSPS) is 12.9. The summed E-state index contributed by atoms with van der Waals surface area (Å²) < 4.78 is 12.0. The Morgan fingerprint density at radius 1 is 1.54 bits per heavy atom. The number of halogens is 2. The van der Waals surface area contributed by atoms with Gasteiger partial charge in [0.25, 0.3) is 0 Å². The molecule has 0 aromatic heterocycles. The lowest BCUT2D eigenvalue weighted by atomic mass is 10.0. The standard InChI is InChI=1S/C10H13ClFN/c1-7-6-8(2-3-9(7)11)10(13)4-5-12/h2-3,6,10H,4-5,13H2,1H3/t10-/m0/s1. The lowest BCUT2D eigenvalue weighted by Gasteiger charge is -2.10. The molecule has 0 aliphatic heterocycles. The number of benzene rings is 1. The number of alkyl halides is 1. The van der Waals surface area contributed by atoms with Gasteiger partial charge in [-0.25, -0.2) is 0 Å². The van der Waals surface area contributed by atoms with Gasteiger partial charge in [-0.2, -0.15) is 0 Å². The Labute approximate surface area is 82.7 Å². The number of hydrogen-bond donors (Lipinski definition) is 1. The molecule has 0 amide bonds. The lowest BCUT2D eigenvalue weighted by molar-refractivity contribution is 0.442. The van der Waals surface area contributed by atoms with E-state index in [9.17, 15) is 4.39 Å². The van der Waals surface area contributed by atoms with Crippen LogP contribution in [-0.2, 0) is 0 Å². The summed E-state index contributed by atoms with van der Waals surface area (Å²) in [7, 11) is 0. The molecule has 0 heterocycles. The summed E-state index contributed by atoms with van der Waals surface area (Å²) >= 11 is 5.85. The maximum absolute atomic E-state index is 12.0. The van der Waals surface area contributed by atoms with Crippen molar-refractivity contribution in [3.8, 4) is 0 Å². The zero-order valence-electron chi connectivity index (χ0n) is 7.56. The molecule has 1 rings (SSSR count). The quantitative estimate of drug-likeness (QED) is 0.800. The van der Waals surface area contributed by atoms with E-state index < -0.39 is 0 Å². The molecule has 72 valence electrons. The lowest BCUT2D eigenvalue weighted by Crippen LogP contribution is -2.10.